The summed E-state index contributed by atoms with van der Waals surface area (Å²) in [5.74, 6) is 1.85. The molecule has 1 saturated heterocycles. The molecule has 1 aliphatic heterocycles. The maximum Gasteiger partial charge on any atom is 0.150 e. The Hall–Kier alpha value is -0.830. The summed E-state index contributed by atoms with van der Waals surface area (Å²) in [7, 11) is 0. The molecule has 1 atom stereocenters. The minimum absolute atomic E-state index is 0. The first-order valence-corrected chi connectivity index (χ1v) is 5.30. The largest absolute Gasteiger partial charge is 0.355 e. The minimum Gasteiger partial charge on any atom is -0.355 e. The van der Waals surface area contributed by atoms with Crippen molar-refractivity contribution in [2.45, 2.75) is 26.7 Å². The van der Waals surface area contributed by atoms with Crippen LogP contribution in [0.5, 0.6) is 0 Å². The molecule has 0 bridgehead atoms. The van der Waals surface area contributed by atoms with Gasteiger partial charge in [-0.25, -0.2) is 4.98 Å². The molecule has 2 rings (SSSR count). The fourth-order valence-corrected chi connectivity index (χ4v) is 2.09. The predicted molar refractivity (Wildman–Crippen MR) is 64.6 cm³/mol. The summed E-state index contributed by atoms with van der Waals surface area (Å²) in [6.45, 7) is 6.59. The lowest BCUT2D eigenvalue weighted by Gasteiger charge is -2.32. The molecule has 0 aromatic carbocycles. The molecule has 1 unspecified atom stereocenters. The molecule has 4 heteroatoms. The van der Waals surface area contributed by atoms with E-state index in [4.69, 9.17) is 0 Å². The molecular weight excluding hydrogens is 210 g/mol. The lowest BCUT2D eigenvalue weighted by molar-refractivity contribution is 0.443. The molecule has 84 valence electrons. The van der Waals surface area contributed by atoms with Crippen LogP contribution in [-0.2, 0) is 0 Å². The van der Waals surface area contributed by atoms with Crippen molar-refractivity contribution in [2.75, 3.05) is 18.0 Å². The summed E-state index contributed by atoms with van der Waals surface area (Å²) in [4.78, 5) is 11.0. The van der Waals surface area contributed by atoms with Gasteiger partial charge in [0, 0.05) is 25.5 Å². The molecule has 0 aliphatic carbocycles. The van der Waals surface area contributed by atoms with Crippen LogP contribution in [0.2, 0.25) is 0 Å². The number of aryl methyl sites for hydroxylation is 1. The van der Waals surface area contributed by atoms with Crippen LogP contribution < -0.4 is 4.90 Å². The molecule has 1 aromatic heterocycles. The van der Waals surface area contributed by atoms with Crippen molar-refractivity contribution in [3.63, 3.8) is 0 Å². The van der Waals surface area contributed by atoms with E-state index < -0.39 is 0 Å². The summed E-state index contributed by atoms with van der Waals surface area (Å²) in [5, 5.41) is 0. The standard InChI is InChI=1S/C11H17N3.ClH/c1-9-4-3-7-14(8-9)11-10(2)12-5-6-13-11;/h5-6,9H,3-4,7-8H2,1-2H3;1H. The van der Waals surface area contributed by atoms with Gasteiger partial charge in [0.15, 0.2) is 0 Å². The first-order chi connectivity index (χ1) is 6.77. The van der Waals surface area contributed by atoms with Gasteiger partial charge in [-0.2, -0.15) is 0 Å². The van der Waals surface area contributed by atoms with Crippen LogP contribution in [0.15, 0.2) is 12.4 Å². The van der Waals surface area contributed by atoms with E-state index >= 15 is 0 Å². The Morgan fingerprint density at radius 3 is 2.73 bits per heavy atom. The number of halogens is 1. The number of aromatic nitrogens is 2. The molecule has 1 aliphatic rings. The number of piperidine rings is 1. The van der Waals surface area contributed by atoms with Crippen LogP contribution in [0.25, 0.3) is 0 Å². The quantitative estimate of drug-likeness (QED) is 0.738. The van der Waals surface area contributed by atoms with Crippen molar-refractivity contribution in [3.8, 4) is 0 Å². The van der Waals surface area contributed by atoms with Crippen LogP contribution in [0.4, 0.5) is 5.82 Å². The molecule has 2 heterocycles. The van der Waals surface area contributed by atoms with E-state index in [0.717, 1.165) is 30.5 Å². The van der Waals surface area contributed by atoms with Crippen LogP contribution in [0.3, 0.4) is 0 Å². The Balaban J connectivity index is 0.00000112. The summed E-state index contributed by atoms with van der Waals surface area (Å²) in [6.07, 6.45) is 6.15. The SMILES string of the molecule is Cc1nccnc1N1CCCC(C)C1.Cl. The maximum atomic E-state index is 4.40. The van der Waals surface area contributed by atoms with E-state index in [0.29, 0.717) is 0 Å². The first kappa shape index (κ1) is 12.2. The van der Waals surface area contributed by atoms with Crippen LogP contribution >= 0.6 is 12.4 Å². The zero-order chi connectivity index (χ0) is 9.97. The Kier molecular flexibility index (Phi) is 4.33. The molecular formula is C11H18ClN3. The number of anilines is 1. The smallest absolute Gasteiger partial charge is 0.150 e. The highest BCUT2D eigenvalue weighted by Crippen LogP contribution is 2.22. The summed E-state index contributed by atoms with van der Waals surface area (Å²) in [6, 6.07) is 0. The van der Waals surface area contributed by atoms with Gasteiger partial charge in [0.25, 0.3) is 0 Å². The second kappa shape index (κ2) is 5.31. The highest BCUT2D eigenvalue weighted by molar-refractivity contribution is 5.85. The van der Waals surface area contributed by atoms with E-state index in [1.807, 2.05) is 6.92 Å². The molecule has 3 nitrogen and oxygen atoms in total. The molecule has 0 radical (unpaired) electrons. The van der Waals surface area contributed by atoms with Gasteiger partial charge in [-0.15, -0.1) is 12.4 Å². The second-order valence-electron chi connectivity index (χ2n) is 4.16. The molecule has 0 N–H and O–H groups in total. The lowest BCUT2D eigenvalue weighted by Crippen LogP contribution is -2.35. The fourth-order valence-electron chi connectivity index (χ4n) is 2.09. The Morgan fingerprint density at radius 2 is 2.07 bits per heavy atom. The van der Waals surface area contributed by atoms with E-state index in [-0.39, 0.29) is 12.4 Å². The topological polar surface area (TPSA) is 29.0 Å². The zero-order valence-corrected chi connectivity index (χ0v) is 10.1. The van der Waals surface area contributed by atoms with Gasteiger partial charge in [-0.3, -0.25) is 4.98 Å². The van der Waals surface area contributed by atoms with Gasteiger partial charge in [0.2, 0.25) is 0 Å². The molecule has 1 fully saturated rings. The third kappa shape index (κ3) is 2.81. The normalized spacial score (nSPS) is 20.9. The fraction of sp³-hybridized carbons (Fsp3) is 0.636. The van der Waals surface area contributed by atoms with Crippen LogP contribution in [-0.4, -0.2) is 23.1 Å². The number of hydrogen-bond acceptors (Lipinski definition) is 3. The molecule has 15 heavy (non-hydrogen) atoms. The van der Waals surface area contributed by atoms with Gasteiger partial charge in [-0.05, 0) is 25.7 Å². The first-order valence-electron chi connectivity index (χ1n) is 5.30. The van der Waals surface area contributed by atoms with Crippen molar-refractivity contribution >= 4 is 18.2 Å². The highest BCUT2D eigenvalue weighted by Gasteiger charge is 2.18. The van der Waals surface area contributed by atoms with Gasteiger partial charge in [0.05, 0.1) is 5.69 Å². The van der Waals surface area contributed by atoms with Gasteiger partial charge < -0.3 is 4.90 Å². The number of rotatable bonds is 1. The highest BCUT2D eigenvalue weighted by atomic mass is 35.5. The average Bonchev–Trinajstić information content (AvgIpc) is 2.18. The van der Waals surface area contributed by atoms with Crippen molar-refractivity contribution in [1.82, 2.24) is 9.97 Å². The van der Waals surface area contributed by atoms with E-state index in [2.05, 4.69) is 21.8 Å². The van der Waals surface area contributed by atoms with E-state index in [1.54, 1.807) is 12.4 Å². The Labute approximate surface area is 97.3 Å². The third-order valence-corrected chi connectivity index (χ3v) is 2.81. The van der Waals surface area contributed by atoms with Crippen molar-refractivity contribution < 1.29 is 0 Å². The Morgan fingerprint density at radius 1 is 1.33 bits per heavy atom. The van der Waals surface area contributed by atoms with Crippen molar-refractivity contribution in [1.29, 1.82) is 0 Å². The van der Waals surface area contributed by atoms with Gasteiger partial charge in [0.1, 0.15) is 5.82 Å². The summed E-state index contributed by atoms with van der Waals surface area (Å²) < 4.78 is 0. The maximum absolute atomic E-state index is 4.40. The van der Waals surface area contributed by atoms with Crippen LogP contribution in [0.1, 0.15) is 25.5 Å². The summed E-state index contributed by atoms with van der Waals surface area (Å²) >= 11 is 0. The number of nitrogens with zero attached hydrogens (tertiary/aromatic N) is 3. The van der Waals surface area contributed by atoms with Gasteiger partial charge in [-0.1, -0.05) is 6.92 Å². The lowest BCUT2D eigenvalue weighted by atomic mass is 10.0. The van der Waals surface area contributed by atoms with Crippen LogP contribution in [0, 0.1) is 12.8 Å². The number of hydrogen-bond donors (Lipinski definition) is 0. The minimum atomic E-state index is 0. The zero-order valence-electron chi connectivity index (χ0n) is 9.31. The van der Waals surface area contributed by atoms with E-state index in [1.165, 1.54) is 12.8 Å². The van der Waals surface area contributed by atoms with Crippen molar-refractivity contribution in [3.05, 3.63) is 18.1 Å². The molecule has 0 amide bonds. The second-order valence-corrected chi connectivity index (χ2v) is 4.16. The predicted octanol–water partition coefficient (Wildman–Crippen LogP) is 2.44. The Bertz CT molecular complexity index is 316. The molecule has 1 aromatic rings. The molecule has 0 spiro atoms. The summed E-state index contributed by atoms with van der Waals surface area (Å²) in [5.41, 5.74) is 1.04. The molecule has 0 saturated carbocycles. The van der Waals surface area contributed by atoms with Crippen molar-refractivity contribution in [2.24, 2.45) is 5.92 Å². The third-order valence-electron chi connectivity index (χ3n) is 2.81. The average molecular weight is 228 g/mol. The van der Waals surface area contributed by atoms with E-state index in [9.17, 15) is 0 Å². The monoisotopic (exact) mass is 227 g/mol. The van der Waals surface area contributed by atoms with Gasteiger partial charge >= 0.3 is 0 Å².